The van der Waals surface area contributed by atoms with E-state index in [2.05, 4.69) is 5.32 Å². The van der Waals surface area contributed by atoms with Crippen molar-refractivity contribution in [2.75, 3.05) is 13.6 Å². The van der Waals surface area contributed by atoms with Crippen molar-refractivity contribution >= 4 is 12.0 Å². The highest BCUT2D eigenvalue weighted by Crippen LogP contribution is 2.39. The molecule has 1 fully saturated rings. The number of hydrogen-bond acceptors (Lipinski definition) is 2. The van der Waals surface area contributed by atoms with Gasteiger partial charge in [-0.25, -0.2) is 4.79 Å². The molecule has 0 spiro atoms. The second-order valence-electron chi connectivity index (χ2n) is 4.99. The van der Waals surface area contributed by atoms with E-state index in [1.54, 1.807) is 0 Å². The molecule has 0 radical (unpaired) electrons. The van der Waals surface area contributed by atoms with Crippen LogP contribution in [0.5, 0.6) is 0 Å². The first-order valence-corrected chi connectivity index (χ1v) is 6.52. The topological polar surface area (TPSA) is 69.6 Å². The molecule has 5 nitrogen and oxygen atoms in total. The molecular formula is C12H19F3N2O3. The molecule has 1 aliphatic carbocycles. The fourth-order valence-corrected chi connectivity index (χ4v) is 2.51. The van der Waals surface area contributed by atoms with Crippen LogP contribution in [-0.4, -0.2) is 47.8 Å². The zero-order valence-electron chi connectivity index (χ0n) is 11.2. The van der Waals surface area contributed by atoms with Crippen molar-refractivity contribution in [1.29, 1.82) is 0 Å². The van der Waals surface area contributed by atoms with Gasteiger partial charge in [-0.05, 0) is 12.8 Å². The largest absolute Gasteiger partial charge is 0.481 e. The summed E-state index contributed by atoms with van der Waals surface area (Å²) in [6.45, 7) is -0.0953. The van der Waals surface area contributed by atoms with Crippen molar-refractivity contribution < 1.29 is 27.9 Å². The van der Waals surface area contributed by atoms with Crippen LogP contribution in [0.4, 0.5) is 18.0 Å². The number of urea groups is 1. The van der Waals surface area contributed by atoms with Gasteiger partial charge in [0.25, 0.3) is 0 Å². The first-order chi connectivity index (χ1) is 9.23. The second-order valence-corrected chi connectivity index (χ2v) is 4.99. The van der Waals surface area contributed by atoms with Gasteiger partial charge in [-0.3, -0.25) is 4.79 Å². The van der Waals surface area contributed by atoms with Crippen LogP contribution in [0.3, 0.4) is 0 Å². The highest BCUT2D eigenvalue weighted by molar-refractivity contribution is 5.75. The van der Waals surface area contributed by atoms with Crippen LogP contribution in [-0.2, 0) is 4.79 Å². The maximum absolute atomic E-state index is 12.9. The van der Waals surface area contributed by atoms with Gasteiger partial charge in [0.15, 0.2) is 0 Å². The van der Waals surface area contributed by atoms with Gasteiger partial charge in [-0.15, -0.1) is 0 Å². The SMILES string of the molecule is CN(C(=O)NCCC(=O)O)[C@H]1CCCC[C@H]1C(F)(F)F. The summed E-state index contributed by atoms with van der Waals surface area (Å²) in [4.78, 5) is 23.1. The van der Waals surface area contributed by atoms with Gasteiger partial charge in [-0.2, -0.15) is 13.2 Å². The van der Waals surface area contributed by atoms with E-state index in [-0.39, 0.29) is 19.4 Å². The average molecular weight is 296 g/mol. The standard InChI is InChI=1S/C12H19F3N2O3/c1-17(11(20)16-7-6-10(18)19)9-5-3-2-4-8(9)12(13,14)15/h8-9H,2-7H2,1H3,(H,16,20)(H,18,19)/t8-,9+/m1/s1. The Morgan fingerprint density at radius 2 is 1.90 bits per heavy atom. The lowest BCUT2D eigenvalue weighted by atomic mass is 9.83. The first-order valence-electron chi connectivity index (χ1n) is 6.52. The lowest BCUT2D eigenvalue weighted by Gasteiger charge is -2.38. The number of halogens is 3. The summed E-state index contributed by atoms with van der Waals surface area (Å²) in [6.07, 6.45) is -3.07. The van der Waals surface area contributed by atoms with Crippen LogP contribution < -0.4 is 5.32 Å². The van der Waals surface area contributed by atoms with E-state index >= 15 is 0 Å². The van der Waals surface area contributed by atoms with E-state index < -0.39 is 30.1 Å². The number of nitrogens with zero attached hydrogens (tertiary/aromatic N) is 1. The molecule has 0 aromatic rings. The molecule has 0 aromatic carbocycles. The van der Waals surface area contributed by atoms with Crippen LogP contribution >= 0.6 is 0 Å². The highest BCUT2D eigenvalue weighted by Gasteiger charge is 2.47. The summed E-state index contributed by atoms with van der Waals surface area (Å²) < 4.78 is 38.8. The fourth-order valence-electron chi connectivity index (χ4n) is 2.51. The van der Waals surface area contributed by atoms with Crippen molar-refractivity contribution in [3.63, 3.8) is 0 Å². The van der Waals surface area contributed by atoms with Gasteiger partial charge < -0.3 is 15.3 Å². The van der Waals surface area contributed by atoms with Gasteiger partial charge in [-0.1, -0.05) is 12.8 Å². The van der Waals surface area contributed by atoms with Crippen LogP contribution in [0.1, 0.15) is 32.1 Å². The van der Waals surface area contributed by atoms with E-state index in [1.165, 1.54) is 7.05 Å². The number of carbonyl (C=O) groups excluding carboxylic acids is 1. The number of carboxylic acids is 1. The molecule has 2 N–H and O–H groups in total. The molecule has 0 heterocycles. The smallest absolute Gasteiger partial charge is 0.393 e. The Balaban J connectivity index is 2.60. The Labute approximate surface area is 115 Å². The number of alkyl halides is 3. The fraction of sp³-hybridized carbons (Fsp3) is 0.833. The van der Waals surface area contributed by atoms with Crippen molar-refractivity contribution in [3.8, 4) is 0 Å². The number of amides is 2. The quantitative estimate of drug-likeness (QED) is 0.835. The van der Waals surface area contributed by atoms with Crippen LogP contribution in [0.25, 0.3) is 0 Å². The van der Waals surface area contributed by atoms with Gasteiger partial charge in [0, 0.05) is 19.6 Å². The summed E-state index contributed by atoms with van der Waals surface area (Å²) in [6, 6.07) is -1.54. The number of rotatable bonds is 4. The molecule has 0 aromatic heterocycles. The zero-order valence-corrected chi connectivity index (χ0v) is 11.2. The predicted molar refractivity (Wildman–Crippen MR) is 65.2 cm³/mol. The molecule has 20 heavy (non-hydrogen) atoms. The van der Waals surface area contributed by atoms with Gasteiger partial charge in [0.05, 0.1) is 12.3 Å². The van der Waals surface area contributed by atoms with Crippen LogP contribution in [0.15, 0.2) is 0 Å². The first kappa shape index (κ1) is 16.6. The van der Waals surface area contributed by atoms with Gasteiger partial charge >= 0.3 is 18.2 Å². The molecular weight excluding hydrogens is 277 g/mol. The molecule has 0 aliphatic heterocycles. The highest BCUT2D eigenvalue weighted by atomic mass is 19.4. The van der Waals surface area contributed by atoms with E-state index in [4.69, 9.17) is 5.11 Å². The Bertz CT molecular complexity index is 360. The van der Waals surface area contributed by atoms with E-state index in [1.807, 2.05) is 0 Å². The molecule has 116 valence electrons. The van der Waals surface area contributed by atoms with Crippen LogP contribution in [0.2, 0.25) is 0 Å². The minimum atomic E-state index is -4.32. The Morgan fingerprint density at radius 1 is 1.30 bits per heavy atom. The molecule has 2 amide bonds. The van der Waals surface area contributed by atoms with Crippen molar-refractivity contribution in [2.24, 2.45) is 5.92 Å². The van der Waals surface area contributed by atoms with Gasteiger partial charge in [0.2, 0.25) is 0 Å². The number of aliphatic carboxylic acids is 1. The molecule has 0 saturated heterocycles. The average Bonchev–Trinajstić information content (AvgIpc) is 2.36. The summed E-state index contributed by atoms with van der Waals surface area (Å²) >= 11 is 0. The van der Waals surface area contributed by atoms with E-state index in [9.17, 15) is 22.8 Å². The van der Waals surface area contributed by atoms with Crippen molar-refractivity contribution in [2.45, 2.75) is 44.3 Å². The molecule has 8 heteroatoms. The Hall–Kier alpha value is -1.47. The van der Waals surface area contributed by atoms with Crippen molar-refractivity contribution in [1.82, 2.24) is 10.2 Å². The molecule has 0 bridgehead atoms. The minimum Gasteiger partial charge on any atom is -0.481 e. The molecule has 1 saturated carbocycles. The van der Waals surface area contributed by atoms with E-state index in [0.29, 0.717) is 19.3 Å². The molecule has 2 atom stereocenters. The summed E-state index contributed by atoms with van der Waals surface area (Å²) in [5.41, 5.74) is 0. The van der Waals surface area contributed by atoms with Crippen molar-refractivity contribution in [3.05, 3.63) is 0 Å². The number of carbonyl (C=O) groups is 2. The van der Waals surface area contributed by atoms with Gasteiger partial charge in [0.1, 0.15) is 0 Å². The maximum atomic E-state index is 12.9. The lowest BCUT2D eigenvalue weighted by molar-refractivity contribution is -0.195. The third-order valence-electron chi connectivity index (χ3n) is 3.58. The number of nitrogens with one attached hydrogen (secondary N) is 1. The number of carboxylic acid groups (broad SMARTS) is 1. The normalized spacial score (nSPS) is 23.2. The Morgan fingerprint density at radius 3 is 2.45 bits per heavy atom. The zero-order chi connectivity index (χ0) is 15.3. The van der Waals surface area contributed by atoms with Crippen LogP contribution in [0, 0.1) is 5.92 Å². The third-order valence-corrected chi connectivity index (χ3v) is 3.58. The minimum absolute atomic E-state index is 0.0287. The molecule has 1 rings (SSSR count). The maximum Gasteiger partial charge on any atom is 0.393 e. The monoisotopic (exact) mass is 296 g/mol. The second kappa shape index (κ2) is 6.81. The summed E-state index contributed by atoms with van der Waals surface area (Å²) in [5.74, 6) is -2.58. The Kier molecular flexibility index (Phi) is 5.64. The third kappa shape index (κ3) is 4.57. The number of hydrogen-bond donors (Lipinski definition) is 2. The molecule has 1 aliphatic rings. The molecule has 0 unspecified atom stereocenters. The summed E-state index contributed by atoms with van der Waals surface area (Å²) in [7, 11) is 1.32. The summed E-state index contributed by atoms with van der Waals surface area (Å²) in [5, 5.41) is 10.8. The van der Waals surface area contributed by atoms with E-state index in [0.717, 1.165) is 4.90 Å². The lowest BCUT2D eigenvalue weighted by Crippen LogP contribution is -2.51. The predicted octanol–water partition coefficient (Wildman–Crippen LogP) is 2.22.